The van der Waals surface area contributed by atoms with E-state index in [2.05, 4.69) is 79.6 Å². The molecule has 0 aliphatic heterocycles. The molecule has 0 saturated heterocycles. The average Bonchev–Trinajstić information content (AvgIpc) is 2.48. The van der Waals surface area contributed by atoms with Crippen molar-refractivity contribution in [1.29, 1.82) is 0 Å². The summed E-state index contributed by atoms with van der Waals surface area (Å²) in [5, 5.41) is 6.61. The molecule has 0 amide bonds. The molecule has 0 unspecified atom stereocenters. The summed E-state index contributed by atoms with van der Waals surface area (Å²) in [6.45, 7) is 0.745. The van der Waals surface area contributed by atoms with E-state index >= 15 is 0 Å². The van der Waals surface area contributed by atoms with Gasteiger partial charge in [-0.2, -0.15) is 0 Å². The number of nitrogens with one attached hydrogen (secondary N) is 1. The average molecular weight is 426 g/mol. The molecule has 4 heteroatoms. The third kappa shape index (κ3) is 3.60. The van der Waals surface area contributed by atoms with Crippen molar-refractivity contribution in [3.8, 4) is 0 Å². The van der Waals surface area contributed by atoms with Crippen LogP contribution in [0.25, 0.3) is 10.8 Å². The molecule has 1 nitrogen and oxygen atoms in total. The standard InChI is InChI=1S/C17H12Br2ClN/c18-14-4-2-13-9-15(5-3-12(13)8-14)21-10-11-1-6-16(19)17(20)7-11/h1-9,21H,10H2. The lowest BCUT2D eigenvalue weighted by Gasteiger charge is -2.09. The quantitative estimate of drug-likeness (QED) is 0.497. The van der Waals surface area contributed by atoms with Gasteiger partial charge in [0.25, 0.3) is 0 Å². The zero-order valence-electron chi connectivity index (χ0n) is 11.0. The third-order valence-electron chi connectivity index (χ3n) is 3.28. The zero-order valence-corrected chi connectivity index (χ0v) is 15.0. The fourth-order valence-electron chi connectivity index (χ4n) is 2.18. The van der Waals surface area contributed by atoms with Gasteiger partial charge in [0.2, 0.25) is 0 Å². The highest BCUT2D eigenvalue weighted by molar-refractivity contribution is 9.10. The Labute approximate surface area is 145 Å². The number of halogens is 3. The van der Waals surface area contributed by atoms with Gasteiger partial charge < -0.3 is 5.32 Å². The molecular weight excluding hydrogens is 413 g/mol. The molecule has 1 N–H and O–H groups in total. The smallest absolute Gasteiger partial charge is 0.0551 e. The highest BCUT2D eigenvalue weighted by atomic mass is 79.9. The van der Waals surface area contributed by atoms with Crippen LogP contribution in [0.1, 0.15) is 5.56 Å². The molecule has 21 heavy (non-hydrogen) atoms. The Balaban J connectivity index is 1.78. The maximum atomic E-state index is 6.11. The zero-order chi connectivity index (χ0) is 14.8. The van der Waals surface area contributed by atoms with Crippen molar-refractivity contribution in [3.63, 3.8) is 0 Å². The molecular formula is C17H12Br2ClN. The van der Waals surface area contributed by atoms with Gasteiger partial charge in [-0.15, -0.1) is 0 Å². The van der Waals surface area contributed by atoms with Crippen LogP contribution in [0.15, 0.2) is 63.5 Å². The Kier molecular flexibility index (Phi) is 4.53. The van der Waals surface area contributed by atoms with Gasteiger partial charge in [-0.25, -0.2) is 0 Å². The van der Waals surface area contributed by atoms with Gasteiger partial charge >= 0.3 is 0 Å². The van der Waals surface area contributed by atoms with Crippen molar-refractivity contribution in [3.05, 3.63) is 74.1 Å². The van der Waals surface area contributed by atoms with Gasteiger partial charge in [-0.1, -0.05) is 45.7 Å². The Morgan fingerprint density at radius 1 is 0.857 bits per heavy atom. The summed E-state index contributed by atoms with van der Waals surface area (Å²) in [6, 6.07) is 18.7. The summed E-state index contributed by atoms with van der Waals surface area (Å²) < 4.78 is 2.02. The van der Waals surface area contributed by atoms with Gasteiger partial charge in [0.1, 0.15) is 0 Å². The van der Waals surface area contributed by atoms with Crippen LogP contribution in [0.2, 0.25) is 5.02 Å². The van der Waals surface area contributed by atoms with Gasteiger partial charge in [-0.05, 0) is 68.7 Å². The molecule has 106 valence electrons. The molecule has 0 aromatic heterocycles. The van der Waals surface area contributed by atoms with E-state index in [0.29, 0.717) is 0 Å². The summed E-state index contributed by atoms with van der Waals surface area (Å²) in [5.41, 5.74) is 2.25. The van der Waals surface area contributed by atoms with Crippen molar-refractivity contribution in [2.45, 2.75) is 6.54 Å². The second-order valence-electron chi connectivity index (χ2n) is 4.81. The topological polar surface area (TPSA) is 12.0 Å². The molecule has 3 aromatic rings. The Morgan fingerprint density at radius 3 is 2.43 bits per heavy atom. The normalized spacial score (nSPS) is 10.8. The third-order valence-corrected chi connectivity index (χ3v) is 5.01. The molecule has 3 rings (SSSR count). The lowest BCUT2D eigenvalue weighted by Crippen LogP contribution is -1.99. The predicted molar refractivity (Wildman–Crippen MR) is 98.1 cm³/mol. The van der Waals surface area contributed by atoms with Crippen LogP contribution in [-0.4, -0.2) is 0 Å². The molecule has 0 aliphatic rings. The molecule has 0 fully saturated rings. The summed E-state index contributed by atoms with van der Waals surface area (Å²) in [4.78, 5) is 0. The van der Waals surface area contributed by atoms with Crippen LogP contribution in [0.3, 0.4) is 0 Å². The van der Waals surface area contributed by atoms with Crippen molar-refractivity contribution in [2.75, 3.05) is 5.32 Å². The number of rotatable bonds is 3. The molecule has 0 saturated carbocycles. The first kappa shape index (κ1) is 14.9. The van der Waals surface area contributed by atoms with E-state index in [0.717, 1.165) is 31.8 Å². The molecule has 0 heterocycles. The maximum absolute atomic E-state index is 6.11. The van der Waals surface area contributed by atoms with E-state index < -0.39 is 0 Å². The summed E-state index contributed by atoms with van der Waals surface area (Å²) in [6.07, 6.45) is 0. The monoisotopic (exact) mass is 423 g/mol. The summed E-state index contributed by atoms with van der Waals surface area (Å²) in [7, 11) is 0. The SMILES string of the molecule is Clc1cc(CNc2ccc3cc(Br)ccc3c2)ccc1Br. The highest BCUT2D eigenvalue weighted by Gasteiger charge is 2.01. The van der Waals surface area contributed by atoms with Crippen molar-refractivity contribution in [1.82, 2.24) is 0 Å². The molecule has 0 radical (unpaired) electrons. The van der Waals surface area contributed by atoms with E-state index in [1.54, 1.807) is 0 Å². The first-order valence-electron chi connectivity index (χ1n) is 6.49. The van der Waals surface area contributed by atoms with Crippen LogP contribution < -0.4 is 5.32 Å². The number of benzene rings is 3. The van der Waals surface area contributed by atoms with E-state index in [-0.39, 0.29) is 0 Å². The predicted octanol–water partition coefficient (Wildman–Crippen LogP) is 6.63. The first-order chi connectivity index (χ1) is 10.1. The number of hydrogen-bond donors (Lipinski definition) is 1. The fourth-order valence-corrected chi connectivity index (χ4v) is 3.01. The molecule has 0 atom stereocenters. The van der Waals surface area contributed by atoms with Gasteiger partial charge in [0.05, 0.1) is 5.02 Å². The van der Waals surface area contributed by atoms with Crippen LogP contribution in [0.5, 0.6) is 0 Å². The minimum Gasteiger partial charge on any atom is -0.381 e. The minimum absolute atomic E-state index is 0.734. The lowest BCUT2D eigenvalue weighted by molar-refractivity contribution is 1.15. The molecule has 0 aliphatic carbocycles. The van der Waals surface area contributed by atoms with Crippen molar-refractivity contribution < 1.29 is 0 Å². The van der Waals surface area contributed by atoms with Crippen molar-refractivity contribution in [2.24, 2.45) is 0 Å². The molecule has 0 spiro atoms. The first-order valence-corrected chi connectivity index (χ1v) is 8.45. The van der Waals surface area contributed by atoms with Crippen LogP contribution >= 0.6 is 43.5 Å². The van der Waals surface area contributed by atoms with Crippen molar-refractivity contribution >= 4 is 59.9 Å². The summed E-state index contributed by atoms with van der Waals surface area (Å²) in [5.74, 6) is 0. The lowest BCUT2D eigenvalue weighted by atomic mass is 10.1. The van der Waals surface area contributed by atoms with E-state index in [1.165, 1.54) is 10.8 Å². The largest absolute Gasteiger partial charge is 0.381 e. The second kappa shape index (κ2) is 6.39. The molecule has 3 aromatic carbocycles. The number of anilines is 1. The fraction of sp³-hybridized carbons (Fsp3) is 0.0588. The molecule has 0 bridgehead atoms. The Morgan fingerprint density at radius 2 is 1.62 bits per heavy atom. The van der Waals surface area contributed by atoms with Gasteiger partial charge in [-0.3, -0.25) is 0 Å². The second-order valence-corrected chi connectivity index (χ2v) is 6.99. The number of fused-ring (bicyclic) bond motifs is 1. The van der Waals surface area contributed by atoms with E-state index in [1.807, 2.05) is 12.1 Å². The van der Waals surface area contributed by atoms with Gasteiger partial charge in [0.15, 0.2) is 0 Å². The number of hydrogen-bond acceptors (Lipinski definition) is 1. The van der Waals surface area contributed by atoms with Gasteiger partial charge in [0, 0.05) is 21.2 Å². The maximum Gasteiger partial charge on any atom is 0.0551 e. The Hall–Kier alpha value is -1.03. The Bertz CT molecular complexity index is 802. The summed E-state index contributed by atoms with van der Waals surface area (Å²) >= 11 is 13.0. The van der Waals surface area contributed by atoms with Crippen LogP contribution in [-0.2, 0) is 6.54 Å². The minimum atomic E-state index is 0.734. The van der Waals surface area contributed by atoms with Crippen LogP contribution in [0.4, 0.5) is 5.69 Å². The van der Waals surface area contributed by atoms with Crippen LogP contribution in [0, 0.1) is 0 Å². The van der Waals surface area contributed by atoms with E-state index in [4.69, 9.17) is 11.6 Å². The van der Waals surface area contributed by atoms with E-state index in [9.17, 15) is 0 Å². The highest BCUT2D eigenvalue weighted by Crippen LogP contribution is 2.25.